The maximum absolute atomic E-state index is 12.2. The number of oxazole rings is 1. The third kappa shape index (κ3) is 2.47. The van der Waals surface area contributed by atoms with E-state index in [9.17, 15) is 4.79 Å². The third-order valence-corrected chi connectivity index (χ3v) is 3.42. The van der Waals surface area contributed by atoms with Gasteiger partial charge in [-0.05, 0) is 32.0 Å². The molecule has 0 saturated carbocycles. The maximum Gasteiger partial charge on any atom is 0.253 e. The van der Waals surface area contributed by atoms with Crippen molar-refractivity contribution in [2.24, 2.45) is 0 Å². The summed E-state index contributed by atoms with van der Waals surface area (Å²) in [6.07, 6.45) is 1.67. The Kier molecular flexibility index (Phi) is 3.13. The van der Waals surface area contributed by atoms with Gasteiger partial charge in [0, 0.05) is 22.8 Å². The fraction of sp³-hybridized carbons (Fsp3) is 0.200. The van der Waals surface area contributed by atoms with Crippen LogP contribution in [0.4, 0.5) is 5.69 Å². The Labute approximate surface area is 121 Å². The molecule has 6 nitrogen and oxygen atoms in total. The molecule has 108 valence electrons. The van der Waals surface area contributed by atoms with Crippen molar-refractivity contribution in [1.82, 2.24) is 15.3 Å². The molecule has 0 saturated heterocycles. The van der Waals surface area contributed by atoms with Crippen LogP contribution in [0.1, 0.15) is 27.7 Å². The van der Waals surface area contributed by atoms with Crippen LogP contribution < -0.4 is 11.1 Å². The largest absolute Gasteiger partial charge is 0.444 e. The molecule has 4 N–H and O–H groups in total. The van der Waals surface area contributed by atoms with Crippen LogP contribution >= 0.6 is 0 Å². The number of hydrogen-bond donors (Lipinski definition) is 3. The molecular formula is C15H16N4O2. The molecule has 0 atom stereocenters. The first-order valence-electron chi connectivity index (χ1n) is 6.62. The van der Waals surface area contributed by atoms with E-state index in [0.717, 1.165) is 22.4 Å². The van der Waals surface area contributed by atoms with E-state index in [1.807, 2.05) is 19.9 Å². The molecule has 1 aromatic carbocycles. The second kappa shape index (κ2) is 4.97. The summed E-state index contributed by atoms with van der Waals surface area (Å²) in [5.74, 6) is 1.09. The van der Waals surface area contributed by atoms with Crippen LogP contribution in [-0.2, 0) is 6.54 Å². The minimum absolute atomic E-state index is 0.181. The molecule has 0 spiro atoms. The van der Waals surface area contributed by atoms with Crippen LogP contribution in [0.3, 0.4) is 0 Å². The highest BCUT2D eigenvalue weighted by molar-refractivity contribution is 6.07. The monoisotopic (exact) mass is 284 g/mol. The number of carbonyl (C=O) groups excluding carboxylic acids is 1. The highest BCUT2D eigenvalue weighted by Gasteiger charge is 2.13. The Morgan fingerprint density at radius 3 is 2.95 bits per heavy atom. The Bertz CT molecular complexity index is 797. The lowest BCUT2D eigenvalue weighted by molar-refractivity contribution is 0.0949. The van der Waals surface area contributed by atoms with Gasteiger partial charge in [-0.15, -0.1) is 0 Å². The smallest absolute Gasteiger partial charge is 0.253 e. The predicted octanol–water partition coefficient (Wildman–Crippen LogP) is 2.28. The van der Waals surface area contributed by atoms with Gasteiger partial charge in [0.1, 0.15) is 5.76 Å². The SMILES string of the molecule is Cc1nc(CNC(=O)c2c[nH]c3cc(N)ccc23)oc1C. The first-order valence-corrected chi connectivity index (χ1v) is 6.62. The molecule has 0 aliphatic heterocycles. The molecule has 21 heavy (non-hydrogen) atoms. The molecule has 0 fully saturated rings. The number of aromatic amines is 1. The van der Waals surface area contributed by atoms with E-state index >= 15 is 0 Å². The fourth-order valence-corrected chi connectivity index (χ4v) is 2.20. The van der Waals surface area contributed by atoms with Crippen LogP contribution in [0.5, 0.6) is 0 Å². The van der Waals surface area contributed by atoms with Crippen LogP contribution in [0, 0.1) is 13.8 Å². The number of benzene rings is 1. The van der Waals surface area contributed by atoms with Crippen LogP contribution in [0.15, 0.2) is 28.8 Å². The Morgan fingerprint density at radius 2 is 2.24 bits per heavy atom. The van der Waals surface area contributed by atoms with Gasteiger partial charge in [0.15, 0.2) is 0 Å². The number of aryl methyl sites for hydroxylation is 2. The number of carbonyl (C=O) groups is 1. The lowest BCUT2D eigenvalue weighted by Gasteiger charge is -2.01. The molecule has 0 unspecified atom stereocenters. The number of nitrogens with two attached hydrogens (primary N) is 1. The van der Waals surface area contributed by atoms with Gasteiger partial charge >= 0.3 is 0 Å². The number of anilines is 1. The Balaban J connectivity index is 1.78. The van der Waals surface area contributed by atoms with Gasteiger partial charge < -0.3 is 20.5 Å². The summed E-state index contributed by atoms with van der Waals surface area (Å²) in [7, 11) is 0. The number of hydrogen-bond acceptors (Lipinski definition) is 4. The van der Waals surface area contributed by atoms with E-state index in [-0.39, 0.29) is 12.5 Å². The first-order chi connectivity index (χ1) is 10.0. The normalized spacial score (nSPS) is 11.0. The molecule has 6 heteroatoms. The molecular weight excluding hydrogens is 268 g/mol. The number of nitrogens with one attached hydrogen (secondary N) is 2. The second-order valence-corrected chi connectivity index (χ2v) is 4.94. The predicted molar refractivity (Wildman–Crippen MR) is 79.9 cm³/mol. The van der Waals surface area contributed by atoms with Gasteiger partial charge in [0.05, 0.1) is 17.8 Å². The lowest BCUT2D eigenvalue weighted by atomic mass is 10.1. The minimum Gasteiger partial charge on any atom is -0.444 e. The van der Waals surface area contributed by atoms with E-state index in [2.05, 4.69) is 15.3 Å². The summed E-state index contributed by atoms with van der Waals surface area (Å²) >= 11 is 0. The Hall–Kier alpha value is -2.76. The second-order valence-electron chi connectivity index (χ2n) is 4.94. The average Bonchev–Trinajstić information content (AvgIpc) is 3.00. The molecule has 0 aliphatic carbocycles. The topological polar surface area (TPSA) is 96.9 Å². The summed E-state index contributed by atoms with van der Waals surface area (Å²) < 4.78 is 5.44. The van der Waals surface area contributed by atoms with Crippen LogP contribution in [0.25, 0.3) is 10.9 Å². The quantitative estimate of drug-likeness (QED) is 0.643. The van der Waals surface area contributed by atoms with Crippen molar-refractivity contribution in [3.05, 3.63) is 47.3 Å². The molecule has 2 aromatic heterocycles. The van der Waals surface area contributed by atoms with Gasteiger partial charge in [0.25, 0.3) is 5.91 Å². The standard InChI is InChI=1S/C15H16N4O2/c1-8-9(2)21-14(19-8)7-18-15(20)12-6-17-13-5-10(16)3-4-11(12)13/h3-6,17H,7,16H2,1-2H3,(H,18,20). The number of H-pyrrole nitrogens is 1. The lowest BCUT2D eigenvalue weighted by Crippen LogP contribution is -2.22. The van der Waals surface area contributed by atoms with Crippen molar-refractivity contribution < 1.29 is 9.21 Å². The summed E-state index contributed by atoms with van der Waals surface area (Å²) in [5, 5.41) is 3.64. The molecule has 0 bridgehead atoms. The molecule has 2 heterocycles. The number of amides is 1. The molecule has 3 aromatic rings. The van der Waals surface area contributed by atoms with Crippen LogP contribution in [0.2, 0.25) is 0 Å². The van der Waals surface area contributed by atoms with E-state index < -0.39 is 0 Å². The fourth-order valence-electron chi connectivity index (χ4n) is 2.20. The van der Waals surface area contributed by atoms with Crippen molar-refractivity contribution in [2.75, 3.05) is 5.73 Å². The zero-order valence-electron chi connectivity index (χ0n) is 11.9. The molecule has 0 aliphatic rings. The van der Waals surface area contributed by atoms with Gasteiger partial charge in [0.2, 0.25) is 5.89 Å². The van der Waals surface area contributed by atoms with Crippen molar-refractivity contribution >= 4 is 22.5 Å². The van der Waals surface area contributed by atoms with Gasteiger partial charge in [-0.2, -0.15) is 0 Å². The van der Waals surface area contributed by atoms with E-state index in [0.29, 0.717) is 17.1 Å². The van der Waals surface area contributed by atoms with Gasteiger partial charge in [-0.25, -0.2) is 4.98 Å². The highest BCUT2D eigenvalue weighted by Crippen LogP contribution is 2.20. The zero-order chi connectivity index (χ0) is 15.0. The average molecular weight is 284 g/mol. The third-order valence-electron chi connectivity index (χ3n) is 3.42. The highest BCUT2D eigenvalue weighted by atomic mass is 16.4. The van der Waals surface area contributed by atoms with E-state index in [4.69, 9.17) is 10.2 Å². The van der Waals surface area contributed by atoms with Gasteiger partial charge in [-0.1, -0.05) is 0 Å². The number of nitrogen functional groups attached to an aromatic ring is 1. The van der Waals surface area contributed by atoms with Crippen molar-refractivity contribution in [3.63, 3.8) is 0 Å². The zero-order valence-corrected chi connectivity index (χ0v) is 11.9. The number of fused-ring (bicyclic) bond motifs is 1. The van der Waals surface area contributed by atoms with E-state index in [1.165, 1.54) is 0 Å². The summed E-state index contributed by atoms with van der Waals surface area (Å²) in [6.45, 7) is 3.97. The number of nitrogens with zero attached hydrogens (tertiary/aromatic N) is 1. The van der Waals surface area contributed by atoms with Crippen LogP contribution in [-0.4, -0.2) is 15.9 Å². The van der Waals surface area contributed by atoms with Crippen molar-refractivity contribution in [1.29, 1.82) is 0 Å². The molecule has 1 amide bonds. The maximum atomic E-state index is 12.2. The summed E-state index contributed by atoms with van der Waals surface area (Å²) in [6, 6.07) is 5.40. The number of aromatic nitrogens is 2. The molecule has 0 radical (unpaired) electrons. The number of rotatable bonds is 3. The molecule has 3 rings (SSSR count). The Morgan fingerprint density at radius 1 is 1.43 bits per heavy atom. The first kappa shape index (κ1) is 13.2. The summed E-state index contributed by atoms with van der Waals surface area (Å²) in [4.78, 5) is 19.5. The van der Waals surface area contributed by atoms with Crippen molar-refractivity contribution in [3.8, 4) is 0 Å². The summed E-state index contributed by atoms with van der Waals surface area (Å²) in [5.41, 5.74) is 8.62. The van der Waals surface area contributed by atoms with E-state index in [1.54, 1.807) is 18.3 Å². The van der Waals surface area contributed by atoms with Gasteiger partial charge in [-0.3, -0.25) is 4.79 Å². The minimum atomic E-state index is -0.181. The van der Waals surface area contributed by atoms with Crippen molar-refractivity contribution in [2.45, 2.75) is 20.4 Å².